The van der Waals surface area contributed by atoms with Crippen LogP contribution in [0, 0.1) is 16.7 Å². The molecule has 1 aromatic heterocycles. The Morgan fingerprint density at radius 2 is 1.89 bits per heavy atom. The van der Waals surface area contributed by atoms with E-state index in [1.165, 1.54) is 9.18 Å². The molecule has 1 aliphatic heterocycles. The van der Waals surface area contributed by atoms with Crippen molar-refractivity contribution in [2.45, 2.75) is 64.5 Å². The molecular formula is C28H33ClN2O4S2. The second kappa shape index (κ2) is 8.90. The van der Waals surface area contributed by atoms with Crippen molar-refractivity contribution in [3.05, 3.63) is 56.7 Å². The van der Waals surface area contributed by atoms with Crippen LogP contribution in [0.4, 0.5) is 0 Å². The van der Waals surface area contributed by atoms with Crippen LogP contribution in [0.1, 0.15) is 68.0 Å². The van der Waals surface area contributed by atoms with Gasteiger partial charge in [0, 0.05) is 34.3 Å². The molecule has 0 spiro atoms. The molecule has 3 saturated carbocycles. The molecule has 1 amide bonds. The number of benzene rings is 1. The molecule has 1 aromatic carbocycles. The molecule has 2 bridgehead atoms. The lowest BCUT2D eigenvalue weighted by Crippen LogP contribution is -2.51. The predicted octanol–water partition coefficient (Wildman–Crippen LogP) is 5.07. The molecule has 0 N–H and O–H groups in total. The van der Waals surface area contributed by atoms with Crippen LogP contribution in [0.5, 0.6) is 0 Å². The van der Waals surface area contributed by atoms with E-state index in [0.717, 1.165) is 36.8 Å². The summed E-state index contributed by atoms with van der Waals surface area (Å²) in [7, 11) is -3.81. The molecular weight excluding hydrogens is 528 g/mol. The van der Waals surface area contributed by atoms with E-state index < -0.39 is 15.4 Å². The van der Waals surface area contributed by atoms with Crippen molar-refractivity contribution in [3.8, 4) is 0 Å². The molecule has 6 rings (SSSR count). The lowest BCUT2D eigenvalue weighted by atomic mass is 9.70. The van der Waals surface area contributed by atoms with Crippen molar-refractivity contribution in [2.75, 3.05) is 18.8 Å². The van der Waals surface area contributed by atoms with Crippen LogP contribution < -0.4 is 0 Å². The number of carbonyl (C=O) groups is 2. The minimum Gasteiger partial charge on any atom is -0.330 e. The highest BCUT2D eigenvalue weighted by Gasteiger charge is 2.66. The van der Waals surface area contributed by atoms with Gasteiger partial charge in [-0.15, -0.1) is 11.3 Å². The van der Waals surface area contributed by atoms with Gasteiger partial charge < -0.3 is 4.90 Å². The summed E-state index contributed by atoms with van der Waals surface area (Å²) in [4.78, 5) is 30.1. The van der Waals surface area contributed by atoms with Gasteiger partial charge in [0.25, 0.3) is 0 Å². The summed E-state index contributed by atoms with van der Waals surface area (Å²) in [5, 5.41) is 2.68. The van der Waals surface area contributed by atoms with Gasteiger partial charge in [0.05, 0.1) is 18.3 Å². The normalized spacial score (nSPS) is 28.6. The molecule has 9 heteroatoms. The number of ketones is 1. The van der Waals surface area contributed by atoms with E-state index in [1.807, 2.05) is 29.2 Å². The highest BCUT2D eigenvalue weighted by Crippen LogP contribution is 2.64. The minimum absolute atomic E-state index is 0.0863. The third kappa shape index (κ3) is 4.10. The first-order valence-electron chi connectivity index (χ1n) is 13.2. The Morgan fingerprint density at radius 1 is 1.16 bits per heavy atom. The quantitative estimate of drug-likeness (QED) is 0.474. The van der Waals surface area contributed by atoms with E-state index in [-0.39, 0.29) is 47.4 Å². The first-order chi connectivity index (χ1) is 17.5. The number of carbonyl (C=O) groups excluding carboxylic acids is 2. The molecule has 3 unspecified atom stereocenters. The van der Waals surface area contributed by atoms with Crippen LogP contribution in [0.2, 0.25) is 5.02 Å². The molecule has 3 fully saturated rings. The average molecular weight is 561 g/mol. The second-order valence-electron chi connectivity index (χ2n) is 11.8. The van der Waals surface area contributed by atoms with Gasteiger partial charge in [-0.1, -0.05) is 37.6 Å². The van der Waals surface area contributed by atoms with Crippen molar-refractivity contribution in [2.24, 2.45) is 16.7 Å². The number of nitrogens with zero attached hydrogens (tertiary/aromatic N) is 2. The van der Waals surface area contributed by atoms with Gasteiger partial charge in [0.15, 0.2) is 0 Å². The van der Waals surface area contributed by atoms with Gasteiger partial charge >= 0.3 is 0 Å². The van der Waals surface area contributed by atoms with Crippen molar-refractivity contribution < 1.29 is 18.0 Å². The molecule has 0 radical (unpaired) electrons. The van der Waals surface area contributed by atoms with E-state index >= 15 is 0 Å². The Hall–Kier alpha value is -1.74. The summed E-state index contributed by atoms with van der Waals surface area (Å²) in [5.41, 5.74) is 0.891. The zero-order chi connectivity index (χ0) is 26.2. The number of thiophene rings is 1. The van der Waals surface area contributed by atoms with Crippen LogP contribution >= 0.6 is 22.9 Å². The molecule has 2 aromatic rings. The molecule has 198 valence electrons. The van der Waals surface area contributed by atoms with E-state index in [1.54, 1.807) is 11.3 Å². The number of amides is 1. The van der Waals surface area contributed by atoms with Gasteiger partial charge in [-0.05, 0) is 78.1 Å². The number of rotatable bonds is 7. The molecule has 4 aliphatic rings. The maximum absolute atomic E-state index is 13.9. The van der Waals surface area contributed by atoms with Gasteiger partial charge in [-0.3, -0.25) is 9.59 Å². The summed E-state index contributed by atoms with van der Waals surface area (Å²) in [6.07, 6.45) is 4.27. The highest BCUT2D eigenvalue weighted by atomic mass is 35.5. The van der Waals surface area contributed by atoms with Crippen molar-refractivity contribution >= 4 is 44.7 Å². The first-order valence-corrected chi connectivity index (χ1v) is 16.0. The molecule has 0 saturated heterocycles. The predicted molar refractivity (Wildman–Crippen MR) is 145 cm³/mol. The van der Waals surface area contributed by atoms with Crippen molar-refractivity contribution in [3.63, 3.8) is 0 Å². The highest BCUT2D eigenvalue weighted by molar-refractivity contribution is 7.89. The zero-order valence-corrected chi connectivity index (χ0v) is 23.7. The summed E-state index contributed by atoms with van der Waals surface area (Å²) in [6.45, 7) is 4.47. The third-order valence-electron chi connectivity index (χ3n) is 9.64. The number of Topliss-reactive ketones (excluding diaryl/α,β-unsaturated/α-hetero) is 1. The first kappa shape index (κ1) is 25.5. The Bertz CT molecular complexity index is 1350. The molecule has 3 atom stereocenters. The van der Waals surface area contributed by atoms with Crippen LogP contribution in [-0.2, 0) is 26.0 Å². The van der Waals surface area contributed by atoms with E-state index in [2.05, 4.69) is 25.3 Å². The van der Waals surface area contributed by atoms with E-state index in [9.17, 15) is 18.0 Å². The van der Waals surface area contributed by atoms with Gasteiger partial charge in [0.2, 0.25) is 15.9 Å². The number of hydrogen-bond donors (Lipinski definition) is 0. The number of sulfonamides is 1. The molecule has 6 nitrogen and oxygen atoms in total. The van der Waals surface area contributed by atoms with Crippen molar-refractivity contribution in [1.29, 1.82) is 0 Å². The molecule has 37 heavy (non-hydrogen) atoms. The van der Waals surface area contributed by atoms with Crippen molar-refractivity contribution in [1.82, 2.24) is 9.21 Å². The SMILES string of the molecule is CC1(C)C2CCC1(CS(=O)(=O)N(CC(=O)N1CCc3sccc3C1c1ccc(Cl)cc1)C1CC1)C(=O)C2. The number of hydrogen-bond acceptors (Lipinski definition) is 5. The number of halogens is 1. The van der Waals surface area contributed by atoms with Gasteiger partial charge in [0.1, 0.15) is 5.78 Å². The topological polar surface area (TPSA) is 74.8 Å². The summed E-state index contributed by atoms with van der Waals surface area (Å²) >= 11 is 7.83. The maximum Gasteiger partial charge on any atom is 0.238 e. The van der Waals surface area contributed by atoms with E-state index in [4.69, 9.17) is 11.6 Å². The zero-order valence-electron chi connectivity index (χ0n) is 21.3. The molecule has 3 aliphatic carbocycles. The molecule has 2 heterocycles. The second-order valence-corrected chi connectivity index (χ2v) is 15.1. The lowest BCUT2D eigenvalue weighted by Gasteiger charge is -2.39. The Balaban J connectivity index is 1.28. The minimum atomic E-state index is -3.81. The maximum atomic E-state index is 13.9. The van der Waals surface area contributed by atoms with Crippen LogP contribution in [0.25, 0.3) is 0 Å². The standard InChI is InChI=1S/C28H33ClN2O4S2/c1-27(2)19-9-12-28(27,24(32)15-19)17-37(34,35)31(21-7-8-21)16-25(33)30-13-10-23-22(11-14-36-23)26(30)18-3-5-20(29)6-4-18/h3-6,11,14,19,21,26H,7-10,12-13,15-17H2,1-2H3. The summed E-state index contributed by atoms with van der Waals surface area (Å²) < 4.78 is 29.3. The smallest absolute Gasteiger partial charge is 0.238 e. The van der Waals surface area contributed by atoms with Gasteiger partial charge in [-0.25, -0.2) is 8.42 Å². The largest absolute Gasteiger partial charge is 0.330 e. The summed E-state index contributed by atoms with van der Waals surface area (Å²) in [5.74, 6) is -0.0321. The Kier molecular flexibility index (Phi) is 6.14. The average Bonchev–Trinajstić information content (AvgIpc) is 3.48. The fourth-order valence-electron chi connectivity index (χ4n) is 7.13. The Labute approximate surface area is 228 Å². The summed E-state index contributed by atoms with van der Waals surface area (Å²) in [6, 6.07) is 9.19. The number of fused-ring (bicyclic) bond motifs is 3. The van der Waals surface area contributed by atoms with Crippen LogP contribution in [0.15, 0.2) is 35.7 Å². The van der Waals surface area contributed by atoms with Gasteiger partial charge in [-0.2, -0.15) is 4.31 Å². The van der Waals surface area contributed by atoms with Crippen LogP contribution in [0.3, 0.4) is 0 Å². The van der Waals surface area contributed by atoms with E-state index in [0.29, 0.717) is 24.4 Å². The Morgan fingerprint density at radius 3 is 2.51 bits per heavy atom. The fraction of sp³-hybridized carbons (Fsp3) is 0.571. The van der Waals surface area contributed by atoms with Crippen LogP contribution in [-0.4, -0.2) is 54.2 Å². The third-order valence-corrected chi connectivity index (χ3v) is 12.9. The monoisotopic (exact) mass is 560 g/mol. The fourth-order valence-corrected chi connectivity index (χ4v) is 10.6. The lowest BCUT2D eigenvalue weighted by molar-refractivity contribution is -0.133.